The van der Waals surface area contributed by atoms with Crippen LogP contribution >= 0.6 is 34.5 Å². The van der Waals surface area contributed by atoms with Gasteiger partial charge in [-0.15, -0.1) is 11.3 Å². The van der Waals surface area contributed by atoms with Crippen LogP contribution < -0.4 is 5.32 Å². The van der Waals surface area contributed by atoms with Gasteiger partial charge in [0.2, 0.25) is 5.91 Å². The number of hydrogen-bond acceptors (Lipinski definition) is 4. The molecule has 1 aliphatic rings. The lowest BCUT2D eigenvalue weighted by Gasteiger charge is -2.29. The van der Waals surface area contributed by atoms with Crippen LogP contribution in [-0.4, -0.2) is 59.4 Å². The number of aryl methyl sites for hydroxylation is 1. The van der Waals surface area contributed by atoms with Gasteiger partial charge in [0.25, 0.3) is 0 Å². The number of halogens is 3. The lowest BCUT2D eigenvalue weighted by atomic mass is 10.2. The van der Waals surface area contributed by atoms with Crippen molar-refractivity contribution in [3.63, 3.8) is 0 Å². The molecule has 2 heterocycles. The van der Waals surface area contributed by atoms with Crippen molar-refractivity contribution >= 4 is 52.2 Å². The van der Waals surface area contributed by atoms with Gasteiger partial charge in [-0.25, -0.2) is 9.18 Å². The monoisotopic (exact) mass is 576 g/mol. The van der Waals surface area contributed by atoms with Crippen molar-refractivity contribution in [3.8, 4) is 0 Å². The first-order valence-electron chi connectivity index (χ1n) is 12.6. The van der Waals surface area contributed by atoms with Crippen molar-refractivity contribution in [3.05, 3.63) is 85.8 Å². The van der Waals surface area contributed by atoms with E-state index in [1.54, 1.807) is 51.5 Å². The lowest BCUT2D eigenvalue weighted by Crippen LogP contribution is -2.46. The smallest absolute Gasteiger partial charge is 0.322 e. The van der Waals surface area contributed by atoms with Crippen LogP contribution in [0.15, 0.2) is 53.9 Å². The highest BCUT2D eigenvalue weighted by molar-refractivity contribution is 7.10. The first-order valence-corrected chi connectivity index (χ1v) is 14.2. The van der Waals surface area contributed by atoms with Gasteiger partial charge in [0.15, 0.2) is 0 Å². The second-order valence-electron chi connectivity index (χ2n) is 9.43. The number of nitrogens with one attached hydrogen (secondary N) is 1. The quantitative estimate of drug-likeness (QED) is 0.293. The van der Waals surface area contributed by atoms with Gasteiger partial charge in [0.1, 0.15) is 12.4 Å². The minimum atomic E-state index is -0.384. The zero-order chi connectivity index (χ0) is 27.1. The Balaban J connectivity index is 1.51. The number of carbonyl (C=O) groups is 2. The third kappa shape index (κ3) is 7.93. The number of hydrogen-bond donors (Lipinski definition) is 1. The van der Waals surface area contributed by atoms with Crippen LogP contribution in [0.25, 0.3) is 0 Å². The zero-order valence-electron chi connectivity index (χ0n) is 21.3. The molecule has 0 saturated carbocycles. The zero-order valence-corrected chi connectivity index (χ0v) is 23.6. The van der Waals surface area contributed by atoms with Crippen LogP contribution in [0, 0.1) is 12.7 Å². The van der Waals surface area contributed by atoms with E-state index in [1.165, 1.54) is 12.1 Å². The van der Waals surface area contributed by atoms with Crippen LogP contribution in [-0.2, 0) is 17.9 Å². The molecule has 0 radical (unpaired) electrons. The topological polar surface area (TPSA) is 55.9 Å². The minimum absolute atomic E-state index is 0.0907. The molecule has 38 heavy (non-hydrogen) atoms. The highest BCUT2D eigenvalue weighted by Crippen LogP contribution is 2.25. The van der Waals surface area contributed by atoms with Gasteiger partial charge in [0, 0.05) is 30.2 Å². The molecule has 3 aromatic rings. The Kier molecular flexibility index (Phi) is 10.0. The predicted molar refractivity (Wildman–Crippen MR) is 152 cm³/mol. The molecule has 0 aliphatic carbocycles. The van der Waals surface area contributed by atoms with Gasteiger partial charge in [-0.2, -0.15) is 0 Å². The Bertz CT molecular complexity index is 1250. The average Bonchev–Trinajstić information content (AvgIpc) is 3.56. The molecule has 1 aliphatic heterocycles. The Morgan fingerprint density at radius 3 is 2.39 bits per heavy atom. The van der Waals surface area contributed by atoms with Gasteiger partial charge in [-0.1, -0.05) is 35.3 Å². The van der Waals surface area contributed by atoms with E-state index >= 15 is 0 Å². The molecule has 1 fully saturated rings. The lowest BCUT2D eigenvalue weighted by molar-refractivity contribution is -0.133. The number of urea groups is 1. The van der Waals surface area contributed by atoms with E-state index in [2.05, 4.69) is 10.2 Å². The second kappa shape index (κ2) is 13.4. The van der Waals surface area contributed by atoms with Crippen LogP contribution in [0.1, 0.15) is 28.8 Å². The second-order valence-corrected chi connectivity index (χ2v) is 11.2. The summed E-state index contributed by atoms with van der Waals surface area (Å²) in [6.45, 7) is 5.71. The van der Waals surface area contributed by atoms with Crippen molar-refractivity contribution < 1.29 is 14.0 Å². The van der Waals surface area contributed by atoms with Gasteiger partial charge in [-0.3, -0.25) is 4.79 Å². The van der Waals surface area contributed by atoms with E-state index in [9.17, 15) is 14.0 Å². The summed E-state index contributed by atoms with van der Waals surface area (Å²) in [6.07, 6.45) is 2.28. The summed E-state index contributed by atoms with van der Waals surface area (Å²) in [5, 5.41) is 5.58. The summed E-state index contributed by atoms with van der Waals surface area (Å²) in [7, 11) is 0. The van der Waals surface area contributed by atoms with Crippen molar-refractivity contribution in [1.29, 1.82) is 0 Å². The molecule has 1 aromatic heterocycles. The highest BCUT2D eigenvalue weighted by Gasteiger charge is 2.24. The fraction of sp³-hybridized carbons (Fsp3) is 0.357. The summed E-state index contributed by atoms with van der Waals surface area (Å²) < 4.78 is 13.5. The van der Waals surface area contributed by atoms with Crippen LogP contribution in [0.5, 0.6) is 0 Å². The van der Waals surface area contributed by atoms with E-state index in [-0.39, 0.29) is 24.3 Å². The first kappa shape index (κ1) is 28.4. The molecule has 0 spiro atoms. The van der Waals surface area contributed by atoms with Gasteiger partial charge in [-0.05, 0) is 85.8 Å². The van der Waals surface area contributed by atoms with E-state index in [1.807, 2.05) is 18.4 Å². The maximum Gasteiger partial charge on any atom is 0.322 e. The maximum absolute atomic E-state index is 13.7. The van der Waals surface area contributed by atoms with Crippen LogP contribution in [0.4, 0.5) is 14.9 Å². The van der Waals surface area contributed by atoms with Crippen molar-refractivity contribution in [2.24, 2.45) is 0 Å². The first-order chi connectivity index (χ1) is 18.3. The normalized spacial score (nSPS) is 13.5. The molecular weight excluding hydrogens is 546 g/mol. The Morgan fingerprint density at radius 1 is 1.00 bits per heavy atom. The number of carbonyl (C=O) groups excluding carboxylic acids is 2. The largest absolute Gasteiger partial charge is 0.332 e. The molecule has 1 N–H and O–H groups in total. The Labute approximate surface area is 236 Å². The summed E-state index contributed by atoms with van der Waals surface area (Å²) >= 11 is 13.7. The Hall–Kier alpha value is -2.65. The molecule has 1 saturated heterocycles. The van der Waals surface area contributed by atoms with E-state index < -0.39 is 0 Å². The van der Waals surface area contributed by atoms with Crippen LogP contribution in [0.2, 0.25) is 10.0 Å². The molecule has 0 unspecified atom stereocenters. The van der Waals surface area contributed by atoms with Crippen LogP contribution in [0.3, 0.4) is 0 Å². The van der Waals surface area contributed by atoms with Crippen molar-refractivity contribution in [2.45, 2.75) is 32.9 Å². The molecule has 3 amide bonds. The average molecular weight is 578 g/mol. The van der Waals surface area contributed by atoms with E-state index in [4.69, 9.17) is 23.2 Å². The molecule has 0 bridgehead atoms. The summed E-state index contributed by atoms with van der Waals surface area (Å²) in [4.78, 5) is 33.7. The highest BCUT2D eigenvalue weighted by atomic mass is 35.5. The molecule has 202 valence electrons. The fourth-order valence-electron chi connectivity index (χ4n) is 4.34. The van der Waals surface area contributed by atoms with Gasteiger partial charge >= 0.3 is 6.03 Å². The summed E-state index contributed by atoms with van der Waals surface area (Å²) in [5.74, 6) is -0.513. The standard InChI is InChI=1S/C28H31Cl2FN4O2S/c1-20-10-15-38-26(20)18-35(17-21-4-6-22(31)7-5-21)27(36)19-34(14-13-33-11-2-3-12-33)28(37)32-23-8-9-24(29)25(30)16-23/h4-10,15-16H,2-3,11-14,17-19H2,1H3,(H,32,37). The summed E-state index contributed by atoms with van der Waals surface area (Å²) in [5.41, 5.74) is 2.42. The molecule has 2 aromatic carbocycles. The molecular formula is C28H31Cl2FN4O2S. The van der Waals surface area contributed by atoms with E-state index in [0.717, 1.165) is 41.9 Å². The molecule has 0 atom stereocenters. The summed E-state index contributed by atoms with van der Waals surface area (Å²) in [6, 6.07) is 12.7. The van der Waals surface area contributed by atoms with Crippen molar-refractivity contribution in [1.82, 2.24) is 14.7 Å². The maximum atomic E-state index is 13.7. The number of amides is 3. The molecule has 6 nitrogen and oxygen atoms in total. The minimum Gasteiger partial charge on any atom is -0.332 e. The molecule has 10 heteroatoms. The number of likely N-dealkylation sites (tertiary alicyclic amines) is 1. The van der Waals surface area contributed by atoms with Gasteiger partial charge < -0.3 is 20.0 Å². The predicted octanol–water partition coefficient (Wildman–Crippen LogP) is 6.66. The number of rotatable bonds is 10. The third-order valence-electron chi connectivity index (χ3n) is 6.61. The number of benzene rings is 2. The SMILES string of the molecule is Cc1ccsc1CN(Cc1ccc(F)cc1)C(=O)CN(CCN1CCCC1)C(=O)Nc1ccc(Cl)c(Cl)c1. The molecule has 4 rings (SSSR count). The van der Waals surface area contributed by atoms with Gasteiger partial charge in [0.05, 0.1) is 16.6 Å². The Morgan fingerprint density at radius 2 is 1.74 bits per heavy atom. The number of thiophene rings is 1. The van der Waals surface area contributed by atoms with E-state index in [0.29, 0.717) is 41.9 Å². The number of nitrogens with zero attached hydrogens (tertiary/aromatic N) is 3. The van der Waals surface area contributed by atoms with Crippen molar-refractivity contribution in [2.75, 3.05) is 38.0 Å². The third-order valence-corrected chi connectivity index (χ3v) is 8.36. The fourth-order valence-corrected chi connectivity index (χ4v) is 5.56. The number of anilines is 1.